The third-order valence-corrected chi connectivity index (χ3v) is 3.05. The first-order valence-corrected chi connectivity index (χ1v) is 6.10. The quantitative estimate of drug-likeness (QED) is 0.646. The van der Waals surface area contributed by atoms with Gasteiger partial charge in [0.15, 0.2) is 0 Å². The van der Waals surface area contributed by atoms with Crippen molar-refractivity contribution in [1.82, 2.24) is 5.32 Å². The summed E-state index contributed by atoms with van der Waals surface area (Å²) in [7, 11) is 1.24. The van der Waals surface area contributed by atoms with Crippen molar-refractivity contribution in [1.29, 1.82) is 0 Å². The maximum absolute atomic E-state index is 11.9. The van der Waals surface area contributed by atoms with E-state index in [0.29, 0.717) is 11.3 Å². The molecular weight excluding hydrogens is 274 g/mol. The Balaban J connectivity index is 2.41. The molecule has 1 aromatic rings. The van der Waals surface area contributed by atoms with Crippen LogP contribution in [0.15, 0.2) is 41.1 Å². The number of carboxylic acid groups (broad SMARTS) is 1. The van der Waals surface area contributed by atoms with Crippen molar-refractivity contribution in [2.24, 2.45) is 0 Å². The number of hydrogen-bond donors (Lipinski definition) is 2. The average Bonchev–Trinajstić information content (AvgIpc) is 2.73. The standard InChI is InChI=1S/C15H13NO5/c1-8-12(15(20)21-2)11(13(17)16-8)7-9-3-5-10(6-4-9)14(18)19/h3-7H,1-2H3,(H,16,17)(H,18,19). The van der Waals surface area contributed by atoms with Crippen LogP contribution in [0.4, 0.5) is 0 Å². The van der Waals surface area contributed by atoms with Crippen LogP contribution in [0, 0.1) is 0 Å². The van der Waals surface area contributed by atoms with E-state index < -0.39 is 17.8 Å². The number of esters is 1. The molecule has 6 heteroatoms. The SMILES string of the molecule is COC(=O)C1=C(C)NC(=O)C1=Cc1ccc(C(=O)O)cc1. The summed E-state index contributed by atoms with van der Waals surface area (Å²) in [5.41, 5.74) is 1.57. The number of hydrogen-bond acceptors (Lipinski definition) is 4. The second kappa shape index (κ2) is 5.62. The van der Waals surface area contributed by atoms with Gasteiger partial charge in [-0.2, -0.15) is 0 Å². The molecule has 108 valence electrons. The largest absolute Gasteiger partial charge is 0.478 e. The highest BCUT2D eigenvalue weighted by Gasteiger charge is 2.30. The summed E-state index contributed by atoms with van der Waals surface area (Å²) >= 11 is 0. The lowest BCUT2D eigenvalue weighted by Gasteiger charge is -2.02. The number of benzene rings is 1. The molecule has 1 heterocycles. The highest BCUT2D eigenvalue weighted by molar-refractivity contribution is 6.16. The topological polar surface area (TPSA) is 92.7 Å². The van der Waals surface area contributed by atoms with E-state index >= 15 is 0 Å². The van der Waals surface area contributed by atoms with Crippen LogP contribution < -0.4 is 5.32 Å². The predicted molar refractivity (Wildman–Crippen MR) is 74.2 cm³/mol. The van der Waals surface area contributed by atoms with E-state index in [1.54, 1.807) is 19.1 Å². The van der Waals surface area contributed by atoms with Crippen LogP contribution in [-0.4, -0.2) is 30.1 Å². The molecule has 0 spiro atoms. The predicted octanol–water partition coefficient (Wildman–Crippen LogP) is 1.34. The lowest BCUT2D eigenvalue weighted by molar-refractivity contribution is -0.136. The maximum Gasteiger partial charge on any atom is 0.340 e. The van der Waals surface area contributed by atoms with E-state index in [-0.39, 0.29) is 16.7 Å². The van der Waals surface area contributed by atoms with E-state index in [0.717, 1.165) is 0 Å². The third-order valence-electron chi connectivity index (χ3n) is 3.05. The van der Waals surface area contributed by atoms with Gasteiger partial charge in [-0.3, -0.25) is 4.79 Å². The molecule has 0 saturated heterocycles. The minimum atomic E-state index is -1.03. The highest BCUT2D eigenvalue weighted by Crippen LogP contribution is 2.24. The van der Waals surface area contributed by atoms with Crippen molar-refractivity contribution in [3.8, 4) is 0 Å². The van der Waals surface area contributed by atoms with Gasteiger partial charge in [-0.15, -0.1) is 0 Å². The number of amides is 1. The Labute approximate surface area is 120 Å². The first kappa shape index (κ1) is 14.5. The number of carbonyl (C=O) groups excluding carboxylic acids is 2. The third kappa shape index (κ3) is 2.84. The van der Waals surface area contributed by atoms with Gasteiger partial charge in [0, 0.05) is 5.70 Å². The second-order valence-electron chi connectivity index (χ2n) is 4.43. The Hall–Kier alpha value is -2.89. The number of aromatic carboxylic acids is 1. The zero-order valence-electron chi connectivity index (χ0n) is 11.5. The van der Waals surface area contributed by atoms with E-state index in [9.17, 15) is 14.4 Å². The van der Waals surface area contributed by atoms with Gasteiger partial charge >= 0.3 is 11.9 Å². The summed E-state index contributed by atoms with van der Waals surface area (Å²) in [5.74, 6) is -2.02. The minimum Gasteiger partial charge on any atom is -0.478 e. The fraction of sp³-hybridized carbons (Fsp3) is 0.133. The summed E-state index contributed by atoms with van der Waals surface area (Å²) in [6, 6.07) is 5.98. The molecule has 0 aliphatic carbocycles. The molecule has 1 aliphatic rings. The Morgan fingerprint density at radius 1 is 1.24 bits per heavy atom. The highest BCUT2D eigenvalue weighted by atomic mass is 16.5. The van der Waals surface area contributed by atoms with Gasteiger partial charge < -0.3 is 15.2 Å². The van der Waals surface area contributed by atoms with E-state index in [4.69, 9.17) is 5.11 Å². The van der Waals surface area contributed by atoms with Gasteiger partial charge in [0.25, 0.3) is 5.91 Å². The van der Waals surface area contributed by atoms with Crippen LogP contribution in [0.1, 0.15) is 22.8 Å². The number of nitrogens with one attached hydrogen (secondary N) is 1. The number of carbonyl (C=O) groups is 3. The molecule has 2 N–H and O–H groups in total. The number of carboxylic acids is 1. The average molecular weight is 287 g/mol. The molecule has 1 aromatic carbocycles. The molecule has 0 atom stereocenters. The molecule has 2 rings (SSSR count). The fourth-order valence-corrected chi connectivity index (χ4v) is 2.01. The maximum atomic E-state index is 11.9. The van der Waals surface area contributed by atoms with Crippen LogP contribution in [-0.2, 0) is 14.3 Å². The van der Waals surface area contributed by atoms with Crippen LogP contribution in [0.5, 0.6) is 0 Å². The summed E-state index contributed by atoms with van der Waals surface area (Å²) in [6.45, 7) is 1.61. The molecule has 0 bridgehead atoms. The van der Waals surface area contributed by atoms with Crippen molar-refractivity contribution >= 4 is 23.9 Å². The van der Waals surface area contributed by atoms with Gasteiger partial charge in [-0.1, -0.05) is 12.1 Å². The number of methoxy groups -OCH3 is 1. The lowest BCUT2D eigenvalue weighted by Crippen LogP contribution is -2.15. The summed E-state index contributed by atoms with van der Waals surface area (Å²) in [5, 5.41) is 11.4. The van der Waals surface area contributed by atoms with Crippen molar-refractivity contribution in [2.75, 3.05) is 7.11 Å². The van der Waals surface area contributed by atoms with Crippen molar-refractivity contribution in [3.63, 3.8) is 0 Å². The molecule has 0 saturated carbocycles. The van der Waals surface area contributed by atoms with E-state index in [1.165, 1.54) is 25.3 Å². The monoisotopic (exact) mass is 287 g/mol. The normalized spacial score (nSPS) is 16.1. The summed E-state index contributed by atoms with van der Waals surface area (Å²) in [4.78, 5) is 34.4. The zero-order valence-corrected chi connectivity index (χ0v) is 11.5. The number of allylic oxidation sites excluding steroid dienone is 1. The first-order valence-electron chi connectivity index (χ1n) is 6.10. The number of rotatable bonds is 3. The Morgan fingerprint density at radius 2 is 1.86 bits per heavy atom. The van der Waals surface area contributed by atoms with Gasteiger partial charge in [0.05, 0.1) is 23.8 Å². The van der Waals surface area contributed by atoms with Gasteiger partial charge in [0.1, 0.15) is 0 Å². The molecule has 0 unspecified atom stereocenters. The smallest absolute Gasteiger partial charge is 0.340 e. The van der Waals surface area contributed by atoms with Crippen LogP contribution in [0.25, 0.3) is 6.08 Å². The molecule has 1 aliphatic heterocycles. The van der Waals surface area contributed by atoms with Crippen molar-refractivity contribution < 1.29 is 24.2 Å². The molecule has 0 fully saturated rings. The second-order valence-corrected chi connectivity index (χ2v) is 4.43. The van der Waals surface area contributed by atoms with Crippen LogP contribution in [0.2, 0.25) is 0 Å². The van der Waals surface area contributed by atoms with Crippen LogP contribution in [0.3, 0.4) is 0 Å². The molecule has 0 aromatic heterocycles. The lowest BCUT2D eigenvalue weighted by atomic mass is 10.0. The Kier molecular flexibility index (Phi) is 3.89. The van der Waals surface area contributed by atoms with Gasteiger partial charge in [-0.05, 0) is 30.7 Å². The first-order chi connectivity index (χ1) is 9.93. The molecule has 6 nitrogen and oxygen atoms in total. The molecular formula is C15H13NO5. The molecule has 1 amide bonds. The van der Waals surface area contributed by atoms with Crippen molar-refractivity contribution in [3.05, 3.63) is 52.2 Å². The van der Waals surface area contributed by atoms with E-state index in [2.05, 4.69) is 10.1 Å². The Bertz CT molecular complexity index is 683. The summed E-state index contributed by atoms with van der Waals surface area (Å²) in [6.07, 6.45) is 1.52. The minimum absolute atomic E-state index is 0.146. The fourth-order valence-electron chi connectivity index (χ4n) is 2.01. The Morgan fingerprint density at radius 3 is 2.38 bits per heavy atom. The molecule has 21 heavy (non-hydrogen) atoms. The van der Waals surface area contributed by atoms with Gasteiger partial charge in [-0.25, -0.2) is 9.59 Å². The molecule has 0 radical (unpaired) electrons. The summed E-state index contributed by atoms with van der Waals surface area (Å²) < 4.78 is 4.66. The zero-order chi connectivity index (χ0) is 15.6. The van der Waals surface area contributed by atoms with Gasteiger partial charge in [0.2, 0.25) is 0 Å². The van der Waals surface area contributed by atoms with E-state index in [1.807, 2.05) is 0 Å². The van der Waals surface area contributed by atoms with Crippen molar-refractivity contribution in [2.45, 2.75) is 6.92 Å². The number of ether oxygens (including phenoxy) is 1. The van der Waals surface area contributed by atoms with Crippen LogP contribution >= 0.6 is 0 Å².